The van der Waals surface area contributed by atoms with E-state index >= 15 is 0 Å². The molecule has 1 aliphatic rings. The van der Waals surface area contributed by atoms with Crippen molar-refractivity contribution in [2.45, 2.75) is 58.0 Å². The summed E-state index contributed by atoms with van der Waals surface area (Å²) < 4.78 is 0. The second-order valence-electron chi connectivity index (χ2n) is 4.62. The molecule has 0 amide bonds. The molecule has 0 aromatic rings. The fourth-order valence-electron chi connectivity index (χ4n) is 2.42. The number of rotatable bonds is 4. The monoisotopic (exact) mass is 209 g/mol. The summed E-state index contributed by atoms with van der Waals surface area (Å²) in [5, 5.41) is 0. The first-order valence-electron chi connectivity index (χ1n) is 6.03. The predicted octanol–water partition coefficient (Wildman–Crippen LogP) is 2.78. The van der Waals surface area contributed by atoms with E-state index in [2.05, 4.69) is 18.4 Å². The SMILES string of the molecule is C=CC(C)N1CCCCCC1CC(C)=O. The van der Waals surface area contributed by atoms with E-state index in [4.69, 9.17) is 0 Å². The molecule has 0 bridgehead atoms. The van der Waals surface area contributed by atoms with E-state index in [1.807, 2.05) is 6.08 Å². The highest BCUT2D eigenvalue weighted by atomic mass is 16.1. The highest BCUT2D eigenvalue weighted by molar-refractivity contribution is 5.76. The van der Waals surface area contributed by atoms with E-state index in [-0.39, 0.29) is 0 Å². The molecule has 0 spiro atoms. The van der Waals surface area contributed by atoms with Gasteiger partial charge in [-0.3, -0.25) is 9.69 Å². The molecule has 0 radical (unpaired) electrons. The van der Waals surface area contributed by atoms with Gasteiger partial charge in [-0.05, 0) is 33.2 Å². The van der Waals surface area contributed by atoms with Crippen LogP contribution >= 0.6 is 0 Å². The first kappa shape index (κ1) is 12.4. The van der Waals surface area contributed by atoms with Gasteiger partial charge in [0.1, 0.15) is 5.78 Å². The van der Waals surface area contributed by atoms with Gasteiger partial charge in [-0.15, -0.1) is 6.58 Å². The zero-order chi connectivity index (χ0) is 11.3. The van der Waals surface area contributed by atoms with E-state index < -0.39 is 0 Å². The molecule has 2 unspecified atom stereocenters. The average molecular weight is 209 g/mol. The second kappa shape index (κ2) is 6.06. The van der Waals surface area contributed by atoms with E-state index in [0.717, 1.165) is 13.0 Å². The third-order valence-corrected chi connectivity index (χ3v) is 3.31. The quantitative estimate of drug-likeness (QED) is 0.664. The molecule has 86 valence electrons. The number of hydrogen-bond donors (Lipinski definition) is 0. The van der Waals surface area contributed by atoms with Crippen molar-refractivity contribution in [3.05, 3.63) is 12.7 Å². The van der Waals surface area contributed by atoms with Gasteiger partial charge in [-0.25, -0.2) is 0 Å². The van der Waals surface area contributed by atoms with Crippen molar-refractivity contribution in [1.29, 1.82) is 0 Å². The first-order valence-corrected chi connectivity index (χ1v) is 6.03. The topological polar surface area (TPSA) is 20.3 Å². The van der Waals surface area contributed by atoms with Gasteiger partial charge in [0.15, 0.2) is 0 Å². The number of likely N-dealkylation sites (tertiary alicyclic amines) is 1. The average Bonchev–Trinajstić information content (AvgIpc) is 2.41. The molecule has 2 nitrogen and oxygen atoms in total. The maximum atomic E-state index is 11.2. The number of nitrogens with zero attached hydrogens (tertiary/aromatic N) is 1. The van der Waals surface area contributed by atoms with E-state index in [0.29, 0.717) is 24.3 Å². The predicted molar refractivity (Wildman–Crippen MR) is 63.9 cm³/mol. The number of hydrogen-bond acceptors (Lipinski definition) is 2. The normalized spacial score (nSPS) is 25.6. The van der Waals surface area contributed by atoms with Gasteiger partial charge < -0.3 is 0 Å². The number of Topliss-reactive ketones (excluding diaryl/α,β-unsaturated/α-hetero) is 1. The molecule has 2 atom stereocenters. The Hall–Kier alpha value is -0.630. The minimum Gasteiger partial charge on any atom is -0.300 e. The van der Waals surface area contributed by atoms with Crippen molar-refractivity contribution < 1.29 is 4.79 Å². The molecule has 2 heteroatoms. The Morgan fingerprint density at radius 2 is 2.27 bits per heavy atom. The van der Waals surface area contributed by atoms with Crippen LogP contribution in [-0.4, -0.2) is 29.3 Å². The lowest BCUT2D eigenvalue weighted by Crippen LogP contribution is -2.41. The van der Waals surface area contributed by atoms with Gasteiger partial charge in [0.05, 0.1) is 0 Å². The lowest BCUT2D eigenvalue weighted by molar-refractivity contribution is -0.118. The fourth-order valence-corrected chi connectivity index (χ4v) is 2.42. The lowest BCUT2D eigenvalue weighted by atomic mass is 10.0. The van der Waals surface area contributed by atoms with Crippen LogP contribution in [0.4, 0.5) is 0 Å². The van der Waals surface area contributed by atoms with Gasteiger partial charge in [-0.1, -0.05) is 18.9 Å². The summed E-state index contributed by atoms with van der Waals surface area (Å²) in [4.78, 5) is 13.7. The fraction of sp³-hybridized carbons (Fsp3) is 0.769. The summed E-state index contributed by atoms with van der Waals surface area (Å²) in [6.45, 7) is 8.84. The largest absolute Gasteiger partial charge is 0.300 e. The Balaban J connectivity index is 2.66. The summed E-state index contributed by atoms with van der Waals surface area (Å²) in [6.07, 6.45) is 7.67. The zero-order valence-electron chi connectivity index (χ0n) is 10.0. The molecule has 1 aliphatic heterocycles. The summed E-state index contributed by atoms with van der Waals surface area (Å²) in [5.74, 6) is 0.308. The molecular weight excluding hydrogens is 186 g/mol. The molecule has 1 rings (SSSR count). The number of ketones is 1. The van der Waals surface area contributed by atoms with Crippen LogP contribution in [0.25, 0.3) is 0 Å². The number of carbonyl (C=O) groups is 1. The third kappa shape index (κ3) is 3.78. The maximum absolute atomic E-state index is 11.2. The standard InChI is InChI=1S/C13H23NO/c1-4-11(2)14-9-7-5-6-8-13(14)10-12(3)15/h4,11,13H,1,5-10H2,2-3H3. The zero-order valence-corrected chi connectivity index (χ0v) is 10.0. The Bertz CT molecular complexity index is 225. The van der Waals surface area contributed by atoms with Crippen molar-refractivity contribution in [2.24, 2.45) is 0 Å². The van der Waals surface area contributed by atoms with Crippen LogP contribution in [0.2, 0.25) is 0 Å². The molecule has 1 fully saturated rings. The minimum atomic E-state index is 0.308. The Morgan fingerprint density at radius 1 is 1.53 bits per heavy atom. The lowest BCUT2D eigenvalue weighted by Gasteiger charge is -2.33. The third-order valence-electron chi connectivity index (χ3n) is 3.31. The Kier molecular flexibility index (Phi) is 5.03. The highest BCUT2D eigenvalue weighted by Gasteiger charge is 2.24. The molecule has 0 saturated carbocycles. The highest BCUT2D eigenvalue weighted by Crippen LogP contribution is 2.22. The van der Waals surface area contributed by atoms with Crippen molar-refractivity contribution in [1.82, 2.24) is 4.90 Å². The second-order valence-corrected chi connectivity index (χ2v) is 4.62. The Morgan fingerprint density at radius 3 is 2.87 bits per heavy atom. The van der Waals surface area contributed by atoms with Crippen molar-refractivity contribution in [3.8, 4) is 0 Å². The maximum Gasteiger partial charge on any atom is 0.131 e. The summed E-state index contributed by atoms with van der Waals surface area (Å²) >= 11 is 0. The molecule has 1 saturated heterocycles. The number of carbonyl (C=O) groups excluding carboxylic acids is 1. The molecule has 0 aliphatic carbocycles. The first-order chi connectivity index (χ1) is 7.15. The van der Waals surface area contributed by atoms with Gasteiger partial charge in [0.2, 0.25) is 0 Å². The van der Waals surface area contributed by atoms with Gasteiger partial charge >= 0.3 is 0 Å². The van der Waals surface area contributed by atoms with Crippen LogP contribution in [-0.2, 0) is 4.79 Å². The van der Waals surface area contributed by atoms with Crippen molar-refractivity contribution in [2.75, 3.05) is 6.54 Å². The van der Waals surface area contributed by atoms with E-state index in [9.17, 15) is 4.79 Å². The minimum absolute atomic E-state index is 0.308. The molecule has 0 aromatic carbocycles. The molecule has 15 heavy (non-hydrogen) atoms. The van der Waals surface area contributed by atoms with Crippen LogP contribution in [0.3, 0.4) is 0 Å². The van der Waals surface area contributed by atoms with Gasteiger partial charge in [-0.2, -0.15) is 0 Å². The summed E-state index contributed by atoms with van der Waals surface area (Å²) in [6, 6.07) is 0.838. The smallest absolute Gasteiger partial charge is 0.131 e. The molecule has 0 aromatic heterocycles. The molecular formula is C13H23NO. The van der Waals surface area contributed by atoms with Gasteiger partial charge in [0, 0.05) is 18.5 Å². The van der Waals surface area contributed by atoms with Crippen LogP contribution in [0.5, 0.6) is 0 Å². The van der Waals surface area contributed by atoms with E-state index in [1.165, 1.54) is 19.3 Å². The van der Waals surface area contributed by atoms with E-state index in [1.54, 1.807) is 6.92 Å². The molecule has 0 N–H and O–H groups in total. The Labute approximate surface area is 93.3 Å². The summed E-state index contributed by atoms with van der Waals surface area (Å²) in [7, 11) is 0. The van der Waals surface area contributed by atoms with Crippen LogP contribution in [0.15, 0.2) is 12.7 Å². The van der Waals surface area contributed by atoms with Crippen LogP contribution in [0.1, 0.15) is 46.0 Å². The van der Waals surface area contributed by atoms with Crippen molar-refractivity contribution >= 4 is 5.78 Å². The van der Waals surface area contributed by atoms with Crippen molar-refractivity contribution in [3.63, 3.8) is 0 Å². The van der Waals surface area contributed by atoms with Crippen LogP contribution in [0, 0.1) is 0 Å². The summed E-state index contributed by atoms with van der Waals surface area (Å²) in [5.41, 5.74) is 0. The van der Waals surface area contributed by atoms with Crippen LogP contribution < -0.4 is 0 Å². The van der Waals surface area contributed by atoms with Gasteiger partial charge in [0.25, 0.3) is 0 Å². The molecule has 1 heterocycles.